The molecule has 4 rings (SSSR count). The number of aromatic nitrogens is 2. The molecule has 0 saturated heterocycles. The predicted octanol–water partition coefficient (Wildman–Crippen LogP) is 4.43. The minimum Gasteiger partial charge on any atom is -0.353 e. The molecule has 0 aliphatic rings. The van der Waals surface area contributed by atoms with Crippen molar-refractivity contribution in [1.82, 2.24) is 8.58 Å². The van der Waals surface area contributed by atoms with Crippen LogP contribution in [0.5, 0.6) is 0 Å². The van der Waals surface area contributed by atoms with Crippen LogP contribution in [-0.2, 0) is 0 Å². The van der Waals surface area contributed by atoms with E-state index in [9.17, 15) is 0 Å². The highest BCUT2D eigenvalue weighted by Crippen LogP contribution is 2.32. The molecule has 2 heterocycles. The van der Waals surface area contributed by atoms with E-state index in [1.54, 1.807) is 0 Å². The van der Waals surface area contributed by atoms with Crippen molar-refractivity contribution in [3.05, 3.63) is 48.7 Å². The van der Waals surface area contributed by atoms with Crippen molar-refractivity contribution in [2.75, 3.05) is 0 Å². The summed E-state index contributed by atoms with van der Waals surface area (Å²) in [6.45, 7) is 0. The zero-order valence-electron chi connectivity index (χ0n) is 8.94. The Kier molecular flexibility index (Phi) is 1.72. The minimum absolute atomic E-state index is 1.18. The molecule has 17 heavy (non-hydrogen) atoms. The van der Waals surface area contributed by atoms with Crippen LogP contribution in [0.3, 0.4) is 0 Å². The van der Waals surface area contributed by atoms with Crippen molar-refractivity contribution in [3.63, 3.8) is 0 Å². The zero-order chi connectivity index (χ0) is 11.4. The molecule has 0 saturated carbocycles. The average molecular weight is 285 g/mol. The van der Waals surface area contributed by atoms with Crippen LogP contribution in [0.15, 0.2) is 48.7 Å². The number of para-hydroxylation sites is 1. The van der Waals surface area contributed by atoms with Crippen molar-refractivity contribution in [2.24, 2.45) is 0 Å². The first-order valence-corrected chi connectivity index (χ1v) is 6.22. The molecule has 2 aromatic carbocycles. The van der Waals surface area contributed by atoms with Crippen LogP contribution in [0.1, 0.15) is 0 Å². The molecule has 2 aromatic heterocycles. The van der Waals surface area contributed by atoms with E-state index in [1.807, 2.05) is 9.79 Å². The van der Waals surface area contributed by atoms with Gasteiger partial charge in [0, 0.05) is 27.9 Å². The maximum absolute atomic E-state index is 3.54. The molecule has 0 aliphatic carbocycles. The van der Waals surface area contributed by atoms with Crippen molar-refractivity contribution in [1.29, 1.82) is 0 Å². The second-order valence-electron chi connectivity index (χ2n) is 4.22. The van der Waals surface area contributed by atoms with Gasteiger partial charge in [0.1, 0.15) is 0 Å². The Balaban J connectivity index is 2.37. The van der Waals surface area contributed by atoms with Crippen molar-refractivity contribution < 1.29 is 0 Å². The van der Waals surface area contributed by atoms with E-state index in [1.165, 1.54) is 32.7 Å². The number of H-pyrrole nitrogens is 1. The molecule has 3 heteroatoms. The zero-order valence-corrected chi connectivity index (χ0v) is 10.5. The molecule has 0 radical (unpaired) electrons. The van der Waals surface area contributed by atoms with Gasteiger partial charge in [-0.15, -0.1) is 0 Å². The normalized spacial score (nSPS) is 11.8. The number of aromatic amines is 1. The Hall–Kier alpha value is -1.74. The van der Waals surface area contributed by atoms with Crippen LogP contribution in [0.2, 0.25) is 0 Å². The van der Waals surface area contributed by atoms with E-state index in [-0.39, 0.29) is 0 Å². The van der Waals surface area contributed by atoms with Gasteiger partial charge in [-0.2, -0.15) is 0 Å². The summed E-state index contributed by atoms with van der Waals surface area (Å²) in [4.78, 5) is 3.50. The summed E-state index contributed by atoms with van der Waals surface area (Å²) in [6, 6.07) is 14.9. The summed E-state index contributed by atoms with van der Waals surface area (Å²) in [5.41, 5.74) is 3.56. The van der Waals surface area contributed by atoms with Crippen LogP contribution in [-0.4, -0.2) is 8.58 Å². The highest BCUT2D eigenvalue weighted by Gasteiger charge is 2.09. The fourth-order valence-electron chi connectivity index (χ4n) is 2.50. The SMILES string of the molecule is Brn1ccc2ccc3c4ccccc4[nH]c3c21. The van der Waals surface area contributed by atoms with Gasteiger partial charge in [0.05, 0.1) is 27.2 Å². The third-order valence-electron chi connectivity index (χ3n) is 3.28. The molecule has 0 amide bonds. The molecule has 0 bridgehead atoms. The lowest BCUT2D eigenvalue weighted by Gasteiger charge is -1.96. The Bertz CT molecular complexity index is 854. The Morgan fingerprint density at radius 2 is 1.82 bits per heavy atom. The smallest absolute Gasteiger partial charge is 0.0832 e. The number of hydrogen-bond donors (Lipinski definition) is 1. The lowest BCUT2D eigenvalue weighted by molar-refractivity contribution is 1.39. The third-order valence-corrected chi connectivity index (χ3v) is 3.88. The summed E-state index contributed by atoms with van der Waals surface area (Å²) in [6.07, 6.45) is 2.02. The standard InChI is InChI=1S/C14H9BrN2/c15-17-8-7-9-5-6-11-10-3-1-2-4-12(10)16-13(11)14(9)17/h1-8,16H. The van der Waals surface area contributed by atoms with E-state index in [0.717, 1.165) is 0 Å². The molecule has 1 N–H and O–H groups in total. The number of nitrogens with zero attached hydrogens (tertiary/aromatic N) is 1. The summed E-state index contributed by atoms with van der Waals surface area (Å²) in [5, 5.41) is 3.78. The average Bonchev–Trinajstić information content (AvgIpc) is 2.90. The van der Waals surface area contributed by atoms with Crippen molar-refractivity contribution >= 4 is 48.9 Å². The highest BCUT2D eigenvalue weighted by molar-refractivity contribution is 9.08. The van der Waals surface area contributed by atoms with E-state index in [2.05, 4.69) is 63.6 Å². The van der Waals surface area contributed by atoms with Gasteiger partial charge in [0.15, 0.2) is 0 Å². The second kappa shape index (κ2) is 3.14. The summed E-state index contributed by atoms with van der Waals surface area (Å²) >= 11 is 3.54. The van der Waals surface area contributed by atoms with Crippen molar-refractivity contribution in [2.45, 2.75) is 0 Å². The number of fused-ring (bicyclic) bond motifs is 5. The lowest BCUT2D eigenvalue weighted by Crippen LogP contribution is -1.77. The van der Waals surface area contributed by atoms with Crippen LogP contribution in [0.4, 0.5) is 0 Å². The maximum Gasteiger partial charge on any atom is 0.0832 e. The van der Waals surface area contributed by atoms with Gasteiger partial charge < -0.3 is 4.98 Å². The maximum atomic E-state index is 3.54. The molecule has 4 aromatic rings. The number of nitrogens with one attached hydrogen (secondary N) is 1. The van der Waals surface area contributed by atoms with E-state index in [4.69, 9.17) is 0 Å². The Labute approximate surface area is 106 Å². The van der Waals surface area contributed by atoms with Gasteiger partial charge in [0.25, 0.3) is 0 Å². The Morgan fingerprint density at radius 3 is 2.76 bits per heavy atom. The number of benzene rings is 2. The van der Waals surface area contributed by atoms with Gasteiger partial charge in [-0.3, -0.25) is 3.59 Å². The molecular formula is C14H9BrN2. The second-order valence-corrected chi connectivity index (χ2v) is 4.99. The monoisotopic (exact) mass is 284 g/mol. The molecule has 0 spiro atoms. The first kappa shape index (κ1) is 9.31. The quantitative estimate of drug-likeness (QED) is 0.493. The van der Waals surface area contributed by atoms with Crippen LogP contribution in [0, 0.1) is 0 Å². The van der Waals surface area contributed by atoms with Crippen LogP contribution in [0.25, 0.3) is 32.7 Å². The molecule has 0 atom stereocenters. The van der Waals surface area contributed by atoms with E-state index >= 15 is 0 Å². The molecule has 0 unspecified atom stereocenters. The molecule has 0 aliphatic heterocycles. The van der Waals surface area contributed by atoms with Gasteiger partial charge in [-0.1, -0.05) is 30.3 Å². The number of rotatable bonds is 0. The summed E-state index contributed by atoms with van der Waals surface area (Å²) < 4.78 is 1.99. The summed E-state index contributed by atoms with van der Waals surface area (Å²) in [7, 11) is 0. The van der Waals surface area contributed by atoms with Gasteiger partial charge in [0.2, 0.25) is 0 Å². The topological polar surface area (TPSA) is 20.7 Å². The third kappa shape index (κ3) is 1.15. The van der Waals surface area contributed by atoms with E-state index in [0.29, 0.717) is 0 Å². The van der Waals surface area contributed by atoms with Gasteiger partial charge in [-0.25, -0.2) is 0 Å². The van der Waals surface area contributed by atoms with Crippen LogP contribution >= 0.6 is 16.1 Å². The molecule has 82 valence electrons. The fourth-order valence-corrected chi connectivity index (χ4v) is 3.01. The van der Waals surface area contributed by atoms with Crippen molar-refractivity contribution in [3.8, 4) is 0 Å². The number of hydrogen-bond acceptors (Lipinski definition) is 0. The van der Waals surface area contributed by atoms with Gasteiger partial charge >= 0.3 is 0 Å². The van der Waals surface area contributed by atoms with Gasteiger partial charge in [-0.05, 0) is 12.1 Å². The fraction of sp³-hybridized carbons (Fsp3) is 0. The Morgan fingerprint density at radius 1 is 0.941 bits per heavy atom. The number of halogens is 1. The molecular weight excluding hydrogens is 276 g/mol. The first-order valence-electron chi connectivity index (χ1n) is 5.51. The predicted molar refractivity (Wildman–Crippen MR) is 75.6 cm³/mol. The minimum atomic E-state index is 1.18. The summed E-state index contributed by atoms with van der Waals surface area (Å²) in [5.74, 6) is 0. The largest absolute Gasteiger partial charge is 0.353 e. The lowest BCUT2D eigenvalue weighted by atomic mass is 10.1. The molecule has 0 fully saturated rings. The van der Waals surface area contributed by atoms with Crippen LogP contribution < -0.4 is 0 Å². The molecule has 2 nitrogen and oxygen atoms in total. The first-order chi connectivity index (χ1) is 8.34. The van der Waals surface area contributed by atoms with E-state index < -0.39 is 0 Å². The highest BCUT2D eigenvalue weighted by atomic mass is 79.9.